The van der Waals surface area contributed by atoms with Gasteiger partial charge in [0.15, 0.2) is 0 Å². The first-order valence-corrected chi connectivity index (χ1v) is 6.38. The molecule has 6 heteroatoms. The van der Waals surface area contributed by atoms with Crippen LogP contribution in [0.1, 0.15) is 10.4 Å². The van der Waals surface area contributed by atoms with Crippen LogP contribution in [0.3, 0.4) is 0 Å². The van der Waals surface area contributed by atoms with Crippen molar-refractivity contribution in [3.05, 3.63) is 46.1 Å². The van der Waals surface area contributed by atoms with Gasteiger partial charge in [-0.15, -0.1) is 0 Å². The van der Waals surface area contributed by atoms with E-state index in [0.717, 1.165) is 0 Å². The number of fused-ring (bicyclic) bond motifs is 1. The Hall–Kier alpha value is -2.21. The van der Waals surface area contributed by atoms with Gasteiger partial charge in [0.05, 0.1) is 0 Å². The first-order chi connectivity index (χ1) is 9.65. The fourth-order valence-electron chi connectivity index (χ4n) is 2.28. The molecule has 3 rings (SSSR count). The third-order valence-electron chi connectivity index (χ3n) is 3.33. The Kier molecular flexibility index (Phi) is 3.23. The number of halogens is 1. The van der Waals surface area contributed by atoms with Crippen LogP contribution in [0.4, 0.5) is 4.39 Å². The second-order valence-corrected chi connectivity index (χ2v) is 4.67. The summed E-state index contributed by atoms with van der Waals surface area (Å²) in [5, 5.41) is 3.53. The molecule has 2 heterocycles. The van der Waals surface area contributed by atoms with E-state index in [1.807, 2.05) is 0 Å². The molecule has 104 valence electrons. The van der Waals surface area contributed by atoms with E-state index in [9.17, 15) is 14.0 Å². The molecule has 1 aromatic carbocycles. The lowest BCUT2D eigenvalue weighted by Crippen LogP contribution is -2.47. The number of carbonyl (C=O) groups excluding carboxylic acids is 1. The monoisotopic (exact) mass is 276 g/mol. The zero-order chi connectivity index (χ0) is 14.1. The molecule has 0 radical (unpaired) electrons. The smallest absolute Gasteiger partial charge is 0.349 e. The summed E-state index contributed by atoms with van der Waals surface area (Å²) in [6.45, 7) is 2.47. The van der Waals surface area contributed by atoms with Gasteiger partial charge in [-0.1, -0.05) is 0 Å². The highest BCUT2D eigenvalue weighted by atomic mass is 19.1. The first kappa shape index (κ1) is 12.8. The van der Waals surface area contributed by atoms with Crippen LogP contribution in [-0.4, -0.2) is 37.0 Å². The van der Waals surface area contributed by atoms with Crippen LogP contribution in [-0.2, 0) is 0 Å². The maximum absolute atomic E-state index is 13.2. The van der Waals surface area contributed by atoms with Crippen LogP contribution in [0.5, 0.6) is 0 Å². The number of hydrogen-bond donors (Lipinski definition) is 1. The van der Waals surface area contributed by atoms with E-state index >= 15 is 0 Å². The van der Waals surface area contributed by atoms with E-state index in [1.54, 1.807) is 4.90 Å². The predicted octanol–water partition coefficient (Wildman–Crippen LogP) is 0.977. The maximum Gasteiger partial charge on any atom is 0.349 e. The average Bonchev–Trinajstić information content (AvgIpc) is 2.47. The van der Waals surface area contributed by atoms with Crippen molar-refractivity contribution in [1.82, 2.24) is 10.2 Å². The summed E-state index contributed by atoms with van der Waals surface area (Å²) in [4.78, 5) is 25.8. The number of carbonyl (C=O) groups is 1. The lowest BCUT2D eigenvalue weighted by atomic mass is 10.1. The van der Waals surface area contributed by atoms with Crippen molar-refractivity contribution in [2.24, 2.45) is 0 Å². The Labute approximate surface area is 114 Å². The van der Waals surface area contributed by atoms with Gasteiger partial charge in [0.1, 0.15) is 17.0 Å². The zero-order valence-electron chi connectivity index (χ0n) is 10.7. The van der Waals surface area contributed by atoms with E-state index in [2.05, 4.69) is 5.32 Å². The number of piperazine rings is 1. The molecule has 0 spiro atoms. The summed E-state index contributed by atoms with van der Waals surface area (Å²) in [6, 6.07) is 5.23. The first-order valence-electron chi connectivity index (χ1n) is 6.38. The number of hydrogen-bond acceptors (Lipinski definition) is 4. The van der Waals surface area contributed by atoms with Crippen molar-refractivity contribution in [3.8, 4) is 0 Å². The summed E-state index contributed by atoms with van der Waals surface area (Å²) in [6.07, 6.45) is 0. The highest BCUT2D eigenvalue weighted by Gasteiger charge is 2.22. The molecular formula is C14H13FN2O3. The van der Waals surface area contributed by atoms with Crippen LogP contribution >= 0.6 is 0 Å². The van der Waals surface area contributed by atoms with E-state index < -0.39 is 11.4 Å². The van der Waals surface area contributed by atoms with Crippen LogP contribution in [0, 0.1) is 5.82 Å². The van der Waals surface area contributed by atoms with Gasteiger partial charge in [-0.2, -0.15) is 0 Å². The standard InChI is InChI=1S/C14H13FN2O3/c15-10-1-2-12-9(7-10)8-11(14(19)20-12)13(18)17-5-3-16-4-6-17/h1-2,7-8,16H,3-6H2. The highest BCUT2D eigenvalue weighted by Crippen LogP contribution is 2.16. The summed E-state index contributed by atoms with van der Waals surface area (Å²) >= 11 is 0. The molecule has 2 aromatic rings. The van der Waals surface area contributed by atoms with Crippen LogP contribution in [0.15, 0.2) is 33.5 Å². The summed E-state index contributed by atoms with van der Waals surface area (Å²) in [5.41, 5.74) is -0.467. The normalized spacial score (nSPS) is 15.6. The fourth-order valence-corrected chi connectivity index (χ4v) is 2.28. The Morgan fingerprint density at radius 2 is 2.00 bits per heavy atom. The predicted molar refractivity (Wildman–Crippen MR) is 71.2 cm³/mol. The molecule has 0 aliphatic carbocycles. The molecule has 1 amide bonds. The van der Waals surface area contributed by atoms with E-state index in [0.29, 0.717) is 31.6 Å². The molecule has 20 heavy (non-hydrogen) atoms. The van der Waals surface area contributed by atoms with E-state index in [1.165, 1.54) is 24.3 Å². The van der Waals surface area contributed by atoms with Crippen molar-refractivity contribution in [1.29, 1.82) is 0 Å². The quantitative estimate of drug-likeness (QED) is 0.789. The molecule has 0 unspecified atom stereocenters. The zero-order valence-corrected chi connectivity index (χ0v) is 10.7. The van der Waals surface area contributed by atoms with Crippen molar-refractivity contribution in [2.45, 2.75) is 0 Å². The number of rotatable bonds is 1. The van der Waals surface area contributed by atoms with Gasteiger partial charge in [0, 0.05) is 31.6 Å². The average molecular weight is 276 g/mol. The van der Waals surface area contributed by atoms with Gasteiger partial charge in [-0.25, -0.2) is 9.18 Å². The van der Waals surface area contributed by atoms with Crippen molar-refractivity contribution in [3.63, 3.8) is 0 Å². The molecule has 1 N–H and O–H groups in total. The minimum atomic E-state index is -0.687. The molecule has 0 atom stereocenters. The maximum atomic E-state index is 13.2. The van der Waals surface area contributed by atoms with Crippen LogP contribution in [0.25, 0.3) is 11.0 Å². The Balaban J connectivity index is 2.03. The Morgan fingerprint density at radius 3 is 2.75 bits per heavy atom. The van der Waals surface area contributed by atoms with Crippen LogP contribution in [0.2, 0.25) is 0 Å². The number of nitrogens with zero attached hydrogens (tertiary/aromatic N) is 1. The summed E-state index contributed by atoms with van der Waals surface area (Å²) in [5.74, 6) is -0.807. The molecule has 0 saturated carbocycles. The number of nitrogens with one attached hydrogen (secondary N) is 1. The van der Waals surface area contributed by atoms with Crippen molar-refractivity contribution < 1.29 is 13.6 Å². The second-order valence-electron chi connectivity index (χ2n) is 4.67. The van der Waals surface area contributed by atoms with E-state index in [-0.39, 0.29) is 17.1 Å². The molecular weight excluding hydrogens is 263 g/mol. The fraction of sp³-hybridized carbons (Fsp3) is 0.286. The van der Waals surface area contributed by atoms with Gasteiger partial charge < -0.3 is 14.6 Å². The second kappa shape index (κ2) is 5.05. The molecule has 1 saturated heterocycles. The molecule has 1 aliphatic heterocycles. The van der Waals surface area contributed by atoms with Crippen molar-refractivity contribution in [2.75, 3.05) is 26.2 Å². The number of amides is 1. The van der Waals surface area contributed by atoms with Gasteiger partial charge in [-0.3, -0.25) is 4.79 Å². The third kappa shape index (κ3) is 2.30. The van der Waals surface area contributed by atoms with Gasteiger partial charge in [0.25, 0.3) is 5.91 Å². The van der Waals surface area contributed by atoms with Gasteiger partial charge >= 0.3 is 5.63 Å². The van der Waals surface area contributed by atoms with E-state index in [4.69, 9.17) is 4.42 Å². The Bertz CT molecular complexity index is 720. The van der Waals surface area contributed by atoms with Crippen molar-refractivity contribution >= 4 is 16.9 Å². The van der Waals surface area contributed by atoms with Gasteiger partial charge in [0.2, 0.25) is 0 Å². The SMILES string of the molecule is O=C(c1cc2cc(F)ccc2oc1=O)N1CCNCC1. The third-order valence-corrected chi connectivity index (χ3v) is 3.33. The number of benzene rings is 1. The largest absolute Gasteiger partial charge is 0.422 e. The minimum Gasteiger partial charge on any atom is -0.422 e. The molecule has 5 nitrogen and oxygen atoms in total. The summed E-state index contributed by atoms with van der Waals surface area (Å²) in [7, 11) is 0. The molecule has 0 bridgehead atoms. The highest BCUT2D eigenvalue weighted by molar-refractivity contribution is 5.96. The topological polar surface area (TPSA) is 62.6 Å². The van der Waals surface area contributed by atoms with Crippen LogP contribution < -0.4 is 10.9 Å². The van der Waals surface area contributed by atoms with Gasteiger partial charge in [-0.05, 0) is 24.3 Å². The lowest BCUT2D eigenvalue weighted by molar-refractivity contribution is 0.0731. The lowest BCUT2D eigenvalue weighted by Gasteiger charge is -2.27. The minimum absolute atomic E-state index is 0.0509. The summed E-state index contributed by atoms with van der Waals surface area (Å²) < 4.78 is 18.3. The molecule has 1 aromatic heterocycles. The molecule has 1 aliphatic rings. The molecule has 1 fully saturated rings. The Morgan fingerprint density at radius 1 is 1.25 bits per heavy atom.